The first kappa shape index (κ1) is 15.2. The van der Waals surface area contributed by atoms with Gasteiger partial charge in [-0.2, -0.15) is 0 Å². The SMILES string of the molecule is C=CCCCN(C)C(=O)C1(COC)CCNCC1. The lowest BCUT2D eigenvalue weighted by molar-refractivity contribution is -0.146. The zero-order valence-electron chi connectivity index (χ0n) is 11.7. The zero-order chi connectivity index (χ0) is 13.4. The van der Waals surface area contributed by atoms with Crippen LogP contribution in [-0.4, -0.2) is 51.2 Å². The fourth-order valence-electron chi connectivity index (χ4n) is 2.58. The average molecular weight is 254 g/mol. The van der Waals surface area contributed by atoms with Gasteiger partial charge in [-0.1, -0.05) is 6.08 Å². The summed E-state index contributed by atoms with van der Waals surface area (Å²) < 4.78 is 5.29. The van der Waals surface area contributed by atoms with Gasteiger partial charge in [0.2, 0.25) is 5.91 Å². The Balaban J connectivity index is 2.60. The number of methoxy groups -OCH3 is 1. The number of amides is 1. The molecule has 1 rings (SSSR count). The van der Waals surface area contributed by atoms with Crippen molar-refractivity contribution in [3.63, 3.8) is 0 Å². The van der Waals surface area contributed by atoms with E-state index in [4.69, 9.17) is 4.74 Å². The van der Waals surface area contributed by atoms with E-state index in [1.54, 1.807) is 7.11 Å². The molecule has 0 radical (unpaired) electrons. The molecule has 18 heavy (non-hydrogen) atoms. The number of nitrogens with one attached hydrogen (secondary N) is 1. The minimum Gasteiger partial charge on any atom is -0.384 e. The largest absolute Gasteiger partial charge is 0.384 e. The summed E-state index contributed by atoms with van der Waals surface area (Å²) in [6, 6.07) is 0. The van der Waals surface area contributed by atoms with Crippen molar-refractivity contribution in [2.45, 2.75) is 25.7 Å². The van der Waals surface area contributed by atoms with Crippen molar-refractivity contribution in [3.05, 3.63) is 12.7 Å². The second-order valence-electron chi connectivity index (χ2n) is 5.12. The van der Waals surface area contributed by atoms with E-state index in [2.05, 4.69) is 11.9 Å². The first-order chi connectivity index (χ1) is 8.66. The second kappa shape index (κ2) is 7.54. The molecule has 0 bridgehead atoms. The minimum atomic E-state index is -0.317. The topological polar surface area (TPSA) is 41.6 Å². The molecule has 0 aromatic carbocycles. The summed E-state index contributed by atoms with van der Waals surface area (Å²) in [5, 5.41) is 3.30. The Bertz CT molecular complexity index is 267. The highest BCUT2D eigenvalue weighted by Gasteiger charge is 2.41. The molecule has 0 aromatic heterocycles. The smallest absolute Gasteiger partial charge is 0.230 e. The number of ether oxygens (including phenoxy) is 1. The van der Waals surface area contributed by atoms with Crippen LogP contribution in [0.1, 0.15) is 25.7 Å². The predicted octanol–water partition coefficient (Wildman–Crippen LogP) is 1.43. The Morgan fingerprint density at radius 2 is 2.17 bits per heavy atom. The molecule has 0 saturated carbocycles. The summed E-state index contributed by atoms with van der Waals surface area (Å²) in [7, 11) is 3.57. The Morgan fingerprint density at radius 3 is 2.72 bits per heavy atom. The summed E-state index contributed by atoms with van der Waals surface area (Å²) in [4.78, 5) is 14.5. The molecule has 1 N–H and O–H groups in total. The maximum atomic E-state index is 12.6. The van der Waals surface area contributed by atoms with E-state index < -0.39 is 0 Å². The fraction of sp³-hybridized carbons (Fsp3) is 0.786. The molecule has 1 fully saturated rings. The lowest BCUT2D eigenvalue weighted by Crippen LogP contribution is -2.50. The van der Waals surface area contributed by atoms with Crippen molar-refractivity contribution in [2.24, 2.45) is 5.41 Å². The van der Waals surface area contributed by atoms with Gasteiger partial charge in [0.25, 0.3) is 0 Å². The third-order valence-electron chi connectivity index (χ3n) is 3.68. The summed E-state index contributed by atoms with van der Waals surface area (Å²) in [6.07, 6.45) is 5.56. The van der Waals surface area contributed by atoms with Crippen LogP contribution in [0.4, 0.5) is 0 Å². The van der Waals surface area contributed by atoms with E-state index in [9.17, 15) is 4.79 Å². The van der Waals surface area contributed by atoms with Crippen molar-refractivity contribution in [1.82, 2.24) is 10.2 Å². The molecule has 0 aromatic rings. The van der Waals surface area contributed by atoms with E-state index in [1.165, 1.54) is 0 Å². The first-order valence-corrected chi connectivity index (χ1v) is 6.72. The monoisotopic (exact) mass is 254 g/mol. The van der Waals surface area contributed by atoms with Gasteiger partial charge in [-0.05, 0) is 38.8 Å². The lowest BCUT2D eigenvalue weighted by atomic mass is 9.78. The third kappa shape index (κ3) is 3.82. The maximum Gasteiger partial charge on any atom is 0.230 e. The normalized spacial score (nSPS) is 18.3. The molecule has 0 atom stereocenters. The molecular formula is C14H26N2O2. The quantitative estimate of drug-likeness (QED) is 0.552. The van der Waals surface area contributed by atoms with E-state index in [-0.39, 0.29) is 11.3 Å². The van der Waals surface area contributed by atoms with E-state index in [0.29, 0.717) is 6.61 Å². The van der Waals surface area contributed by atoms with Gasteiger partial charge in [0.1, 0.15) is 0 Å². The van der Waals surface area contributed by atoms with Crippen LogP contribution in [0.15, 0.2) is 12.7 Å². The number of hydrogen-bond donors (Lipinski definition) is 1. The molecule has 1 aliphatic heterocycles. The highest BCUT2D eigenvalue weighted by Crippen LogP contribution is 2.31. The summed E-state index contributed by atoms with van der Waals surface area (Å²) in [5.41, 5.74) is -0.317. The number of hydrogen-bond acceptors (Lipinski definition) is 3. The molecular weight excluding hydrogens is 228 g/mol. The van der Waals surface area contributed by atoms with Gasteiger partial charge in [-0.15, -0.1) is 6.58 Å². The summed E-state index contributed by atoms with van der Waals surface area (Å²) in [6.45, 7) is 6.82. The highest BCUT2D eigenvalue weighted by molar-refractivity contribution is 5.82. The Kier molecular flexibility index (Phi) is 6.36. The Labute approximate surface area is 110 Å². The van der Waals surface area contributed by atoms with Gasteiger partial charge < -0.3 is 15.0 Å². The van der Waals surface area contributed by atoms with Gasteiger partial charge in [-0.3, -0.25) is 4.79 Å². The Morgan fingerprint density at radius 1 is 1.50 bits per heavy atom. The van der Waals surface area contributed by atoms with Crippen LogP contribution in [-0.2, 0) is 9.53 Å². The molecule has 4 nitrogen and oxygen atoms in total. The standard InChI is InChI=1S/C14H26N2O2/c1-4-5-6-11-16(2)13(17)14(12-18-3)7-9-15-10-8-14/h4,15H,1,5-12H2,2-3H3. The fourth-order valence-corrected chi connectivity index (χ4v) is 2.58. The number of allylic oxidation sites excluding steroid dienone is 1. The third-order valence-corrected chi connectivity index (χ3v) is 3.68. The number of unbranched alkanes of at least 4 members (excludes halogenated alkanes) is 1. The van der Waals surface area contributed by atoms with E-state index in [0.717, 1.165) is 45.3 Å². The van der Waals surface area contributed by atoms with Crippen molar-refractivity contribution in [1.29, 1.82) is 0 Å². The van der Waals surface area contributed by atoms with Crippen LogP contribution < -0.4 is 5.32 Å². The van der Waals surface area contributed by atoms with Crippen LogP contribution in [0.2, 0.25) is 0 Å². The second-order valence-corrected chi connectivity index (χ2v) is 5.12. The first-order valence-electron chi connectivity index (χ1n) is 6.72. The number of nitrogens with zero attached hydrogens (tertiary/aromatic N) is 1. The molecule has 1 aliphatic rings. The van der Waals surface area contributed by atoms with Crippen LogP contribution >= 0.6 is 0 Å². The average Bonchev–Trinajstić information content (AvgIpc) is 2.39. The predicted molar refractivity (Wildman–Crippen MR) is 73.5 cm³/mol. The lowest BCUT2D eigenvalue weighted by Gasteiger charge is -2.38. The van der Waals surface area contributed by atoms with Crippen LogP contribution in [0, 0.1) is 5.41 Å². The van der Waals surface area contributed by atoms with Crippen molar-refractivity contribution in [3.8, 4) is 0 Å². The van der Waals surface area contributed by atoms with Crippen LogP contribution in [0.25, 0.3) is 0 Å². The van der Waals surface area contributed by atoms with Gasteiger partial charge in [0.05, 0.1) is 12.0 Å². The number of carbonyl (C=O) groups is 1. The molecule has 1 amide bonds. The highest BCUT2D eigenvalue weighted by atomic mass is 16.5. The summed E-state index contributed by atoms with van der Waals surface area (Å²) >= 11 is 0. The molecule has 1 heterocycles. The van der Waals surface area contributed by atoms with Crippen LogP contribution in [0.5, 0.6) is 0 Å². The maximum absolute atomic E-state index is 12.6. The molecule has 4 heteroatoms. The molecule has 104 valence electrons. The molecule has 0 aliphatic carbocycles. The Hall–Kier alpha value is -0.870. The van der Waals surface area contributed by atoms with Crippen molar-refractivity contribution in [2.75, 3.05) is 40.4 Å². The van der Waals surface area contributed by atoms with Crippen LogP contribution in [0.3, 0.4) is 0 Å². The van der Waals surface area contributed by atoms with Crippen molar-refractivity contribution >= 4 is 5.91 Å². The van der Waals surface area contributed by atoms with Gasteiger partial charge in [0, 0.05) is 20.7 Å². The molecule has 0 unspecified atom stereocenters. The molecule has 1 saturated heterocycles. The van der Waals surface area contributed by atoms with Gasteiger partial charge in [-0.25, -0.2) is 0 Å². The minimum absolute atomic E-state index is 0.231. The van der Waals surface area contributed by atoms with Crippen molar-refractivity contribution < 1.29 is 9.53 Å². The number of carbonyl (C=O) groups excluding carboxylic acids is 1. The van der Waals surface area contributed by atoms with E-state index >= 15 is 0 Å². The number of piperidine rings is 1. The van der Waals surface area contributed by atoms with Gasteiger partial charge >= 0.3 is 0 Å². The van der Waals surface area contributed by atoms with Gasteiger partial charge in [0.15, 0.2) is 0 Å². The summed E-state index contributed by atoms with van der Waals surface area (Å²) in [5.74, 6) is 0.231. The number of rotatable bonds is 7. The van der Waals surface area contributed by atoms with E-state index in [1.807, 2.05) is 18.0 Å². The molecule has 0 spiro atoms. The zero-order valence-corrected chi connectivity index (χ0v) is 11.7.